The summed E-state index contributed by atoms with van der Waals surface area (Å²) < 4.78 is 9.72. The van der Waals surface area contributed by atoms with E-state index in [1.807, 2.05) is 0 Å². The van der Waals surface area contributed by atoms with E-state index in [1.165, 1.54) is 0 Å². The second-order valence-corrected chi connectivity index (χ2v) is 2.28. The van der Waals surface area contributed by atoms with Crippen LogP contribution >= 0.6 is 0 Å². The van der Waals surface area contributed by atoms with E-state index in [0.717, 1.165) is 0 Å². The van der Waals surface area contributed by atoms with Crippen LogP contribution in [0.4, 0.5) is 0 Å². The van der Waals surface area contributed by atoms with Crippen molar-refractivity contribution in [2.75, 3.05) is 13.8 Å². The first-order valence-electron chi connectivity index (χ1n) is 3.61. The number of nitrogens with zero attached hydrogens (tertiary/aromatic N) is 1. The highest BCUT2D eigenvalue weighted by atomic mass is 16.7. The summed E-state index contributed by atoms with van der Waals surface area (Å²) in [7, 11) is 1.55. The van der Waals surface area contributed by atoms with Crippen molar-refractivity contribution in [3.63, 3.8) is 0 Å². The van der Waals surface area contributed by atoms with Gasteiger partial charge in [0, 0.05) is 0 Å². The van der Waals surface area contributed by atoms with E-state index in [0.29, 0.717) is 11.5 Å². The molecule has 5 heteroatoms. The van der Waals surface area contributed by atoms with Crippen LogP contribution in [-0.2, 0) is 0 Å². The lowest BCUT2D eigenvalue weighted by Crippen LogP contribution is -2.07. The molecule has 0 unspecified atom stereocenters. The standard InChI is InChI=1S/C8H9NO4/c1-12-7-2-4-8(5-3-7)13-6-9(10)11/h2-5H,6H2,1H3. The molecule has 5 nitrogen and oxygen atoms in total. The van der Waals surface area contributed by atoms with E-state index < -0.39 is 11.7 Å². The van der Waals surface area contributed by atoms with E-state index in [9.17, 15) is 10.1 Å². The lowest BCUT2D eigenvalue weighted by atomic mass is 10.3. The minimum atomic E-state index is -0.537. The molecule has 70 valence electrons. The number of rotatable bonds is 4. The normalized spacial score (nSPS) is 9.31. The lowest BCUT2D eigenvalue weighted by Gasteiger charge is -2.02. The molecule has 13 heavy (non-hydrogen) atoms. The third kappa shape index (κ3) is 2.98. The van der Waals surface area contributed by atoms with Crippen molar-refractivity contribution in [2.45, 2.75) is 0 Å². The lowest BCUT2D eigenvalue weighted by molar-refractivity contribution is -0.514. The topological polar surface area (TPSA) is 61.6 Å². The van der Waals surface area contributed by atoms with Gasteiger partial charge in [0.2, 0.25) is 0 Å². The molecule has 0 bridgehead atoms. The van der Waals surface area contributed by atoms with Crippen LogP contribution < -0.4 is 9.47 Å². The van der Waals surface area contributed by atoms with Crippen LogP contribution in [0.25, 0.3) is 0 Å². The molecule has 0 saturated carbocycles. The maximum absolute atomic E-state index is 9.95. The smallest absolute Gasteiger partial charge is 0.344 e. The van der Waals surface area contributed by atoms with Gasteiger partial charge < -0.3 is 9.47 Å². The molecule has 0 aliphatic carbocycles. The first kappa shape index (κ1) is 9.31. The van der Waals surface area contributed by atoms with Crippen molar-refractivity contribution in [1.29, 1.82) is 0 Å². The Hall–Kier alpha value is -1.78. The fraction of sp³-hybridized carbons (Fsp3) is 0.250. The van der Waals surface area contributed by atoms with Gasteiger partial charge in [0.05, 0.1) is 12.0 Å². The average molecular weight is 183 g/mol. The van der Waals surface area contributed by atoms with Gasteiger partial charge in [-0.05, 0) is 24.3 Å². The van der Waals surface area contributed by atoms with E-state index >= 15 is 0 Å². The van der Waals surface area contributed by atoms with Crippen LogP contribution in [0.15, 0.2) is 24.3 Å². The third-order valence-electron chi connectivity index (χ3n) is 1.40. The molecular formula is C8H9NO4. The van der Waals surface area contributed by atoms with Gasteiger partial charge in [0.25, 0.3) is 0 Å². The van der Waals surface area contributed by atoms with Gasteiger partial charge in [-0.1, -0.05) is 0 Å². The van der Waals surface area contributed by atoms with Crippen molar-refractivity contribution in [3.8, 4) is 11.5 Å². The fourth-order valence-electron chi connectivity index (χ4n) is 0.799. The van der Waals surface area contributed by atoms with Crippen molar-refractivity contribution >= 4 is 0 Å². The Morgan fingerprint density at radius 3 is 2.31 bits per heavy atom. The molecule has 0 atom stereocenters. The van der Waals surface area contributed by atoms with Crippen LogP contribution in [0.3, 0.4) is 0 Å². The van der Waals surface area contributed by atoms with E-state index in [1.54, 1.807) is 31.4 Å². The molecule has 0 aliphatic rings. The molecule has 0 N–H and O–H groups in total. The number of hydrogen-bond donors (Lipinski definition) is 0. The van der Waals surface area contributed by atoms with Gasteiger partial charge in [-0.25, -0.2) is 0 Å². The minimum Gasteiger partial charge on any atom is -0.497 e. The summed E-state index contributed by atoms with van der Waals surface area (Å²) in [4.78, 5) is 9.41. The summed E-state index contributed by atoms with van der Waals surface area (Å²) in [6, 6.07) is 6.58. The van der Waals surface area contributed by atoms with Crippen LogP contribution in [0.1, 0.15) is 0 Å². The van der Waals surface area contributed by atoms with Crippen LogP contribution in [0.5, 0.6) is 11.5 Å². The first-order valence-corrected chi connectivity index (χ1v) is 3.61. The number of methoxy groups -OCH3 is 1. The monoisotopic (exact) mass is 183 g/mol. The van der Waals surface area contributed by atoms with Gasteiger partial charge >= 0.3 is 6.73 Å². The minimum absolute atomic E-state index is 0.456. The summed E-state index contributed by atoms with van der Waals surface area (Å²) in [6.45, 7) is -0.521. The van der Waals surface area contributed by atoms with E-state index in [4.69, 9.17) is 9.47 Å². The highest BCUT2D eigenvalue weighted by molar-refractivity contribution is 5.30. The number of benzene rings is 1. The molecule has 1 rings (SSSR count). The molecule has 0 radical (unpaired) electrons. The zero-order chi connectivity index (χ0) is 9.68. The summed E-state index contributed by atoms with van der Waals surface area (Å²) in [6.07, 6.45) is 0. The van der Waals surface area contributed by atoms with Crippen molar-refractivity contribution in [3.05, 3.63) is 34.4 Å². The summed E-state index contributed by atoms with van der Waals surface area (Å²) in [5.74, 6) is 1.14. The predicted octanol–water partition coefficient (Wildman–Crippen LogP) is 1.31. The van der Waals surface area contributed by atoms with Crippen LogP contribution in [-0.4, -0.2) is 18.8 Å². The van der Waals surface area contributed by atoms with Crippen LogP contribution in [0, 0.1) is 10.1 Å². The maximum Gasteiger partial charge on any atom is 0.344 e. The SMILES string of the molecule is COc1ccc(OC[N+](=O)[O-])cc1. The zero-order valence-electron chi connectivity index (χ0n) is 7.10. The molecule has 0 amide bonds. The second kappa shape index (κ2) is 4.30. The molecule has 1 aromatic rings. The predicted molar refractivity (Wildman–Crippen MR) is 45.5 cm³/mol. The quantitative estimate of drug-likeness (QED) is 0.401. The van der Waals surface area contributed by atoms with E-state index in [2.05, 4.69) is 0 Å². The number of ether oxygens (including phenoxy) is 2. The largest absolute Gasteiger partial charge is 0.497 e. The Morgan fingerprint density at radius 1 is 1.31 bits per heavy atom. The fourth-order valence-corrected chi connectivity index (χ4v) is 0.799. The third-order valence-corrected chi connectivity index (χ3v) is 1.40. The number of hydrogen-bond acceptors (Lipinski definition) is 4. The maximum atomic E-state index is 9.95. The molecule has 0 saturated heterocycles. The molecule has 0 fully saturated rings. The van der Waals surface area contributed by atoms with Gasteiger partial charge in [-0.3, -0.25) is 10.1 Å². The van der Waals surface area contributed by atoms with Gasteiger partial charge in [-0.15, -0.1) is 0 Å². The average Bonchev–Trinajstić information content (AvgIpc) is 2.15. The van der Waals surface area contributed by atoms with Gasteiger partial charge in [-0.2, -0.15) is 0 Å². The highest BCUT2D eigenvalue weighted by Crippen LogP contribution is 2.16. The second-order valence-electron chi connectivity index (χ2n) is 2.28. The summed E-state index contributed by atoms with van der Waals surface area (Å²) in [5, 5.41) is 9.95. The van der Waals surface area contributed by atoms with Crippen molar-refractivity contribution < 1.29 is 14.4 Å². The van der Waals surface area contributed by atoms with Crippen molar-refractivity contribution in [1.82, 2.24) is 0 Å². The Kier molecular flexibility index (Phi) is 3.08. The molecule has 0 aliphatic heterocycles. The van der Waals surface area contributed by atoms with Gasteiger partial charge in [0.1, 0.15) is 11.5 Å². The van der Waals surface area contributed by atoms with Crippen LogP contribution in [0.2, 0.25) is 0 Å². The molecule has 0 aromatic heterocycles. The zero-order valence-corrected chi connectivity index (χ0v) is 7.10. The first-order chi connectivity index (χ1) is 6.22. The molecular weight excluding hydrogens is 174 g/mol. The highest BCUT2D eigenvalue weighted by Gasteiger charge is 1.98. The Morgan fingerprint density at radius 2 is 1.85 bits per heavy atom. The molecule has 0 spiro atoms. The van der Waals surface area contributed by atoms with E-state index in [-0.39, 0.29) is 0 Å². The molecule has 0 heterocycles. The molecule has 1 aromatic carbocycles. The Balaban J connectivity index is 2.54. The number of nitro groups is 1. The summed E-state index contributed by atoms with van der Waals surface area (Å²) in [5.41, 5.74) is 0. The summed E-state index contributed by atoms with van der Waals surface area (Å²) >= 11 is 0. The Bertz CT molecular complexity index is 283. The van der Waals surface area contributed by atoms with Crippen molar-refractivity contribution in [2.24, 2.45) is 0 Å². The Labute approximate surface area is 75.0 Å². The van der Waals surface area contributed by atoms with Gasteiger partial charge in [0.15, 0.2) is 0 Å².